The number of carbonyl (C=O) groups is 3. The van der Waals surface area contributed by atoms with Gasteiger partial charge in [-0.15, -0.1) is 0 Å². The van der Waals surface area contributed by atoms with E-state index in [2.05, 4.69) is 16.7 Å². The van der Waals surface area contributed by atoms with Gasteiger partial charge >= 0.3 is 6.03 Å². The van der Waals surface area contributed by atoms with Crippen molar-refractivity contribution < 1.29 is 19.3 Å². The number of amides is 4. The SMILES string of the molecule is C[C@@]1(c2ccc([N+](=O)[O-])cc2)NC(=O)N(CC(=O)NC2(C#N)CCCCC2)C1=O. The molecule has 1 atom stereocenters. The van der Waals surface area contributed by atoms with E-state index in [1.807, 2.05) is 0 Å². The Morgan fingerprint density at radius 2 is 1.90 bits per heavy atom. The van der Waals surface area contributed by atoms with E-state index in [0.717, 1.165) is 24.2 Å². The molecule has 0 aromatic heterocycles. The standard InChI is InChI=1S/C19H21N5O5/c1-18(13-5-7-14(8-6-13)24(28)29)16(26)23(17(27)22-18)11-15(25)21-19(12-20)9-3-2-4-10-19/h5-8H,2-4,9-11H2,1H3,(H,21,25)(H,22,27)/t18-/m0/s1. The van der Waals surface area contributed by atoms with Crippen LogP contribution in [-0.2, 0) is 15.1 Å². The molecule has 0 spiro atoms. The summed E-state index contributed by atoms with van der Waals surface area (Å²) in [4.78, 5) is 48.8. The van der Waals surface area contributed by atoms with Gasteiger partial charge in [-0.05, 0) is 37.5 Å². The molecule has 2 fully saturated rings. The third-order valence-electron chi connectivity index (χ3n) is 5.53. The molecule has 29 heavy (non-hydrogen) atoms. The highest BCUT2D eigenvalue weighted by molar-refractivity contribution is 6.09. The van der Waals surface area contributed by atoms with E-state index in [4.69, 9.17) is 0 Å². The lowest BCUT2D eigenvalue weighted by Gasteiger charge is -2.32. The Hall–Kier alpha value is -3.48. The minimum absolute atomic E-state index is 0.139. The molecule has 3 rings (SSSR count). The van der Waals surface area contributed by atoms with Crippen LogP contribution in [0, 0.1) is 21.4 Å². The predicted molar refractivity (Wildman–Crippen MR) is 100 cm³/mol. The fourth-order valence-corrected chi connectivity index (χ4v) is 3.82. The minimum Gasteiger partial charge on any atom is -0.336 e. The Labute approximate surface area is 167 Å². The largest absolute Gasteiger partial charge is 0.336 e. The lowest BCUT2D eigenvalue weighted by molar-refractivity contribution is -0.384. The molecule has 0 radical (unpaired) electrons. The summed E-state index contributed by atoms with van der Waals surface area (Å²) in [6.07, 6.45) is 3.73. The number of nitrogens with zero attached hydrogens (tertiary/aromatic N) is 3. The fraction of sp³-hybridized carbons (Fsp3) is 0.474. The van der Waals surface area contributed by atoms with Crippen molar-refractivity contribution in [2.45, 2.75) is 50.1 Å². The van der Waals surface area contributed by atoms with Gasteiger partial charge in [0.05, 0.1) is 11.0 Å². The topological polar surface area (TPSA) is 145 Å². The van der Waals surface area contributed by atoms with E-state index in [-0.39, 0.29) is 5.69 Å². The number of nitro groups is 1. The van der Waals surface area contributed by atoms with Gasteiger partial charge in [0, 0.05) is 12.1 Å². The van der Waals surface area contributed by atoms with Gasteiger partial charge in [-0.3, -0.25) is 24.6 Å². The minimum atomic E-state index is -1.44. The Morgan fingerprint density at radius 1 is 1.28 bits per heavy atom. The number of nitrogens with one attached hydrogen (secondary N) is 2. The summed E-state index contributed by atoms with van der Waals surface area (Å²) in [6, 6.07) is 6.71. The fourth-order valence-electron chi connectivity index (χ4n) is 3.82. The zero-order valence-corrected chi connectivity index (χ0v) is 15.9. The highest BCUT2D eigenvalue weighted by Gasteiger charge is 2.50. The molecule has 2 N–H and O–H groups in total. The summed E-state index contributed by atoms with van der Waals surface area (Å²) in [5, 5.41) is 25.5. The molecule has 1 saturated heterocycles. The molecule has 0 unspecified atom stereocenters. The molecular formula is C19H21N5O5. The lowest BCUT2D eigenvalue weighted by Crippen LogP contribution is -2.52. The van der Waals surface area contributed by atoms with Gasteiger partial charge in [0.15, 0.2) is 0 Å². The summed E-state index contributed by atoms with van der Waals surface area (Å²) in [6.45, 7) is 0.973. The molecule has 4 amide bonds. The second kappa shape index (κ2) is 7.50. The van der Waals surface area contributed by atoms with Crippen LogP contribution in [-0.4, -0.2) is 39.8 Å². The van der Waals surface area contributed by atoms with Crippen LogP contribution in [0.25, 0.3) is 0 Å². The average Bonchev–Trinajstić information content (AvgIpc) is 2.92. The zero-order valence-electron chi connectivity index (χ0n) is 15.9. The van der Waals surface area contributed by atoms with Crippen LogP contribution in [0.3, 0.4) is 0 Å². The third-order valence-corrected chi connectivity index (χ3v) is 5.53. The van der Waals surface area contributed by atoms with Crippen LogP contribution in [0.4, 0.5) is 10.5 Å². The number of nitriles is 1. The van der Waals surface area contributed by atoms with Gasteiger partial charge in [-0.2, -0.15) is 5.26 Å². The normalized spacial score (nSPS) is 23.2. The van der Waals surface area contributed by atoms with Crippen molar-refractivity contribution in [2.75, 3.05) is 6.54 Å². The number of rotatable bonds is 5. The van der Waals surface area contributed by atoms with Crippen LogP contribution in [0.1, 0.15) is 44.6 Å². The molecule has 1 heterocycles. The lowest BCUT2D eigenvalue weighted by atomic mass is 9.83. The first-order valence-electron chi connectivity index (χ1n) is 9.32. The van der Waals surface area contributed by atoms with Crippen LogP contribution >= 0.6 is 0 Å². The number of benzene rings is 1. The Morgan fingerprint density at radius 3 is 2.45 bits per heavy atom. The van der Waals surface area contributed by atoms with Gasteiger partial charge < -0.3 is 10.6 Å². The van der Waals surface area contributed by atoms with Gasteiger partial charge in [-0.1, -0.05) is 19.3 Å². The zero-order chi connectivity index (χ0) is 21.2. The Kier molecular flexibility index (Phi) is 5.24. The number of non-ortho nitro benzene ring substituents is 1. The van der Waals surface area contributed by atoms with Gasteiger partial charge in [0.2, 0.25) is 5.91 Å². The maximum Gasteiger partial charge on any atom is 0.325 e. The van der Waals surface area contributed by atoms with Crippen LogP contribution in [0.2, 0.25) is 0 Å². The summed E-state index contributed by atoms with van der Waals surface area (Å²) >= 11 is 0. The number of carbonyl (C=O) groups excluding carboxylic acids is 3. The maximum absolute atomic E-state index is 12.9. The van der Waals surface area contributed by atoms with E-state index in [1.54, 1.807) is 0 Å². The molecule has 1 saturated carbocycles. The van der Waals surface area contributed by atoms with Crippen molar-refractivity contribution >= 4 is 23.5 Å². The van der Waals surface area contributed by atoms with Gasteiger partial charge in [0.25, 0.3) is 11.6 Å². The highest BCUT2D eigenvalue weighted by atomic mass is 16.6. The highest BCUT2D eigenvalue weighted by Crippen LogP contribution is 2.31. The smallest absolute Gasteiger partial charge is 0.325 e. The third kappa shape index (κ3) is 3.76. The van der Waals surface area contributed by atoms with Crippen molar-refractivity contribution in [1.82, 2.24) is 15.5 Å². The molecule has 1 aromatic carbocycles. The summed E-state index contributed by atoms with van der Waals surface area (Å²) < 4.78 is 0. The Balaban J connectivity index is 1.73. The molecule has 10 heteroatoms. The average molecular weight is 399 g/mol. The van der Waals surface area contributed by atoms with Crippen LogP contribution < -0.4 is 10.6 Å². The molecule has 152 valence electrons. The Bertz CT molecular complexity index is 901. The quantitative estimate of drug-likeness (QED) is 0.438. The van der Waals surface area contributed by atoms with Crippen molar-refractivity contribution in [3.8, 4) is 6.07 Å². The number of hydrogen-bond donors (Lipinski definition) is 2. The number of imide groups is 1. The summed E-state index contributed by atoms with van der Waals surface area (Å²) in [5.41, 5.74) is -2.18. The predicted octanol–water partition coefficient (Wildman–Crippen LogP) is 1.70. The number of urea groups is 1. The van der Waals surface area contributed by atoms with Crippen molar-refractivity contribution in [2.24, 2.45) is 0 Å². The van der Waals surface area contributed by atoms with Gasteiger partial charge in [0.1, 0.15) is 17.6 Å². The first-order chi connectivity index (χ1) is 13.7. The number of hydrogen-bond acceptors (Lipinski definition) is 6. The second-order valence-electron chi connectivity index (χ2n) is 7.55. The first-order valence-corrected chi connectivity index (χ1v) is 9.32. The first kappa shape index (κ1) is 20.3. The van der Waals surface area contributed by atoms with E-state index in [1.165, 1.54) is 31.2 Å². The molecule has 10 nitrogen and oxygen atoms in total. The molecule has 1 aromatic rings. The molecule has 1 aliphatic heterocycles. The maximum atomic E-state index is 12.9. The van der Waals surface area contributed by atoms with Crippen molar-refractivity contribution in [3.63, 3.8) is 0 Å². The van der Waals surface area contributed by atoms with E-state index < -0.39 is 40.4 Å². The van der Waals surface area contributed by atoms with Crippen LogP contribution in [0.15, 0.2) is 24.3 Å². The second-order valence-corrected chi connectivity index (χ2v) is 7.55. The summed E-state index contributed by atoms with van der Waals surface area (Å²) in [7, 11) is 0. The van der Waals surface area contributed by atoms with Crippen LogP contribution in [0.5, 0.6) is 0 Å². The van der Waals surface area contributed by atoms with Crippen molar-refractivity contribution in [3.05, 3.63) is 39.9 Å². The van der Waals surface area contributed by atoms with E-state index in [0.29, 0.717) is 18.4 Å². The number of nitro benzene ring substituents is 1. The molecule has 2 aliphatic rings. The van der Waals surface area contributed by atoms with E-state index >= 15 is 0 Å². The molecule has 0 bridgehead atoms. The molecular weight excluding hydrogens is 378 g/mol. The molecule has 1 aliphatic carbocycles. The monoisotopic (exact) mass is 399 g/mol. The van der Waals surface area contributed by atoms with Gasteiger partial charge in [-0.25, -0.2) is 4.79 Å². The summed E-state index contributed by atoms with van der Waals surface area (Å²) in [5.74, 6) is -1.22. The van der Waals surface area contributed by atoms with E-state index in [9.17, 15) is 29.8 Å². The van der Waals surface area contributed by atoms with Crippen molar-refractivity contribution in [1.29, 1.82) is 5.26 Å².